The molecule has 0 radical (unpaired) electrons. The molecule has 1 fully saturated rings. The Bertz CT molecular complexity index is 1330. The van der Waals surface area contributed by atoms with Crippen LogP contribution in [0.5, 0.6) is 5.75 Å². The summed E-state index contributed by atoms with van der Waals surface area (Å²) in [5.41, 5.74) is 13.6. The van der Waals surface area contributed by atoms with Gasteiger partial charge in [0.1, 0.15) is 17.2 Å². The Hall–Kier alpha value is -4.14. The number of aromatic nitrogens is 2. The van der Waals surface area contributed by atoms with Crippen LogP contribution in [0.25, 0.3) is 0 Å². The summed E-state index contributed by atoms with van der Waals surface area (Å²) in [4.78, 5) is 15.7. The van der Waals surface area contributed by atoms with Gasteiger partial charge in [0.25, 0.3) is 5.91 Å². The lowest BCUT2D eigenvalue weighted by molar-refractivity contribution is -0.0296. The molecule has 0 unspecified atom stereocenters. The number of ether oxygens (including phenoxy) is 2. The molecule has 3 aromatic carbocycles. The zero-order chi connectivity index (χ0) is 26.7. The molecular formula is C30H32N4O4. The van der Waals surface area contributed by atoms with Gasteiger partial charge in [0.15, 0.2) is 5.69 Å². The van der Waals surface area contributed by atoms with E-state index in [-0.39, 0.29) is 23.5 Å². The van der Waals surface area contributed by atoms with Crippen molar-refractivity contribution in [2.24, 2.45) is 11.7 Å². The first kappa shape index (κ1) is 25.5. The molecule has 0 saturated heterocycles. The van der Waals surface area contributed by atoms with Crippen LogP contribution in [0.2, 0.25) is 0 Å². The van der Waals surface area contributed by atoms with E-state index in [1.165, 1.54) is 6.33 Å². The van der Waals surface area contributed by atoms with Crippen LogP contribution in [0.15, 0.2) is 91.3 Å². The number of carbonyl (C=O) groups excluding carboxylic acids is 1. The van der Waals surface area contributed by atoms with Gasteiger partial charge in [-0.05, 0) is 41.7 Å². The second kappa shape index (κ2) is 10.7. The van der Waals surface area contributed by atoms with E-state index < -0.39 is 17.6 Å². The Balaban J connectivity index is 1.50. The predicted octanol–water partition coefficient (Wildman–Crippen LogP) is 3.89. The third kappa shape index (κ3) is 4.64. The Kier molecular flexibility index (Phi) is 7.18. The van der Waals surface area contributed by atoms with Gasteiger partial charge < -0.3 is 30.6 Å². The quantitative estimate of drug-likeness (QED) is 0.292. The maximum atomic E-state index is 11.6. The minimum absolute atomic E-state index is 0.0471. The third-order valence-corrected chi connectivity index (χ3v) is 7.46. The summed E-state index contributed by atoms with van der Waals surface area (Å²) in [6.45, 7) is 0.296. The molecule has 1 aliphatic carbocycles. The maximum absolute atomic E-state index is 11.6. The van der Waals surface area contributed by atoms with Crippen LogP contribution >= 0.6 is 0 Å². The number of nitrogens with zero attached hydrogens (tertiary/aromatic N) is 2. The van der Waals surface area contributed by atoms with Crippen molar-refractivity contribution in [3.05, 3.63) is 114 Å². The molecule has 1 amide bonds. The Morgan fingerprint density at radius 3 is 2.08 bits per heavy atom. The molecular weight excluding hydrogens is 480 g/mol. The molecule has 5 rings (SSSR count). The topological polar surface area (TPSA) is 126 Å². The van der Waals surface area contributed by atoms with Gasteiger partial charge in [-0.1, -0.05) is 72.8 Å². The summed E-state index contributed by atoms with van der Waals surface area (Å²) in [5, 5.41) is 11.0. The summed E-state index contributed by atoms with van der Waals surface area (Å²) >= 11 is 0. The van der Waals surface area contributed by atoms with Gasteiger partial charge in [-0.15, -0.1) is 0 Å². The van der Waals surface area contributed by atoms with E-state index in [4.69, 9.17) is 20.9 Å². The first-order chi connectivity index (χ1) is 18.4. The highest BCUT2D eigenvalue weighted by Gasteiger charge is 2.41. The summed E-state index contributed by atoms with van der Waals surface area (Å²) in [6, 6.07) is 28.0. The Morgan fingerprint density at radius 1 is 0.974 bits per heavy atom. The molecule has 4 aromatic rings. The van der Waals surface area contributed by atoms with Crippen molar-refractivity contribution in [3.63, 3.8) is 0 Å². The largest absolute Gasteiger partial charge is 0.497 e. The first-order valence-electron chi connectivity index (χ1n) is 12.6. The summed E-state index contributed by atoms with van der Waals surface area (Å²) in [6.07, 6.45) is 1.99. The fourth-order valence-electron chi connectivity index (χ4n) is 5.49. The average Bonchev–Trinajstić information content (AvgIpc) is 3.52. The monoisotopic (exact) mass is 512 g/mol. The van der Waals surface area contributed by atoms with E-state index in [1.54, 1.807) is 11.7 Å². The highest BCUT2D eigenvalue weighted by Crippen LogP contribution is 2.43. The number of imidazole rings is 1. The molecule has 1 aromatic heterocycles. The molecule has 5 N–H and O–H groups in total. The van der Waals surface area contributed by atoms with Crippen LogP contribution in [-0.2, 0) is 10.3 Å². The standard InChI is InChI=1S/C30H32N4O4/c1-37-25-14-12-23(13-15-25)30(21-8-4-2-5-9-21,22-10-6-3-7-11-22)38-18-20-16-24(17-26(20)35)34-19-33-27(28(34)31)29(32)36/h2-15,19-20,24,26,35H,16-18,31H2,1H3,(H2,32,36)/t20-,24-,26+/m1/s1. The highest BCUT2D eigenvalue weighted by molar-refractivity contribution is 5.95. The van der Waals surface area contributed by atoms with Gasteiger partial charge >= 0.3 is 0 Å². The van der Waals surface area contributed by atoms with E-state index in [2.05, 4.69) is 29.2 Å². The van der Waals surface area contributed by atoms with Crippen LogP contribution in [0.4, 0.5) is 5.82 Å². The summed E-state index contributed by atoms with van der Waals surface area (Å²) in [7, 11) is 1.64. The number of methoxy groups -OCH3 is 1. The molecule has 196 valence electrons. The van der Waals surface area contributed by atoms with Crippen LogP contribution in [-0.4, -0.2) is 40.4 Å². The van der Waals surface area contributed by atoms with Gasteiger partial charge in [-0.3, -0.25) is 4.79 Å². The molecule has 1 aliphatic rings. The van der Waals surface area contributed by atoms with Crippen molar-refractivity contribution in [1.82, 2.24) is 9.55 Å². The van der Waals surface area contributed by atoms with Crippen LogP contribution < -0.4 is 16.2 Å². The number of primary amides is 1. The number of nitrogens with two attached hydrogens (primary N) is 2. The molecule has 38 heavy (non-hydrogen) atoms. The fourth-order valence-corrected chi connectivity index (χ4v) is 5.49. The van der Waals surface area contributed by atoms with E-state index in [0.29, 0.717) is 19.4 Å². The molecule has 8 heteroatoms. The van der Waals surface area contributed by atoms with E-state index in [0.717, 1.165) is 22.4 Å². The summed E-state index contributed by atoms with van der Waals surface area (Å²) < 4.78 is 14.1. The molecule has 3 atom stereocenters. The minimum atomic E-state index is -0.917. The number of carbonyl (C=O) groups is 1. The molecule has 0 bridgehead atoms. The van der Waals surface area contributed by atoms with Crippen molar-refractivity contribution in [3.8, 4) is 5.75 Å². The summed E-state index contributed by atoms with van der Waals surface area (Å²) in [5.74, 6) is 0.141. The van der Waals surface area contributed by atoms with Gasteiger partial charge in [0.05, 0.1) is 26.1 Å². The van der Waals surface area contributed by atoms with Gasteiger partial charge in [-0.25, -0.2) is 4.98 Å². The number of amides is 1. The molecule has 8 nitrogen and oxygen atoms in total. The Morgan fingerprint density at radius 2 is 1.55 bits per heavy atom. The third-order valence-electron chi connectivity index (χ3n) is 7.46. The van der Waals surface area contributed by atoms with Crippen molar-refractivity contribution in [1.29, 1.82) is 0 Å². The number of hydrogen-bond donors (Lipinski definition) is 3. The lowest BCUT2D eigenvalue weighted by atomic mass is 9.80. The second-order valence-corrected chi connectivity index (χ2v) is 9.66. The van der Waals surface area contributed by atoms with Crippen molar-refractivity contribution >= 4 is 11.7 Å². The van der Waals surface area contributed by atoms with Crippen molar-refractivity contribution in [2.45, 2.75) is 30.6 Å². The van der Waals surface area contributed by atoms with E-state index >= 15 is 0 Å². The SMILES string of the molecule is COc1ccc(C(OC[C@H]2C[C@@H](n3cnc(C(N)=O)c3N)C[C@@H]2O)(c2ccccc2)c2ccccc2)cc1. The molecule has 0 aliphatic heterocycles. The lowest BCUT2D eigenvalue weighted by Crippen LogP contribution is -2.35. The van der Waals surface area contributed by atoms with Crippen molar-refractivity contribution < 1.29 is 19.4 Å². The lowest BCUT2D eigenvalue weighted by Gasteiger charge is -2.37. The normalized spacial score (nSPS) is 19.4. The number of aliphatic hydroxyl groups excluding tert-OH is 1. The smallest absolute Gasteiger partial charge is 0.271 e. The Labute approximate surface area is 221 Å². The number of benzene rings is 3. The number of anilines is 1. The van der Waals surface area contributed by atoms with Gasteiger partial charge in [0.2, 0.25) is 0 Å². The maximum Gasteiger partial charge on any atom is 0.271 e. The number of aliphatic hydroxyl groups is 1. The number of rotatable bonds is 9. The minimum Gasteiger partial charge on any atom is -0.497 e. The zero-order valence-electron chi connectivity index (χ0n) is 21.2. The fraction of sp³-hybridized carbons (Fsp3) is 0.267. The van der Waals surface area contributed by atoms with Crippen LogP contribution in [0, 0.1) is 5.92 Å². The van der Waals surface area contributed by atoms with Crippen LogP contribution in [0.3, 0.4) is 0 Å². The van der Waals surface area contributed by atoms with Crippen molar-refractivity contribution in [2.75, 3.05) is 19.5 Å². The van der Waals surface area contributed by atoms with E-state index in [9.17, 15) is 9.90 Å². The van der Waals surface area contributed by atoms with Gasteiger partial charge in [0, 0.05) is 12.0 Å². The van der Waals surface area contributed by atoms with Gasteiger partial charge in [-0.2, -0.15) is 0 Å². The van der Waals surface area contributed by atoms with Crippen LogP contribution in [0.1, 0.15) is 46.1 Å². The predicted molar refractivity (Wildman–Crippen MR) is 145 cm³/mol. The zero-order valence-corrected chi connectivity index (χ0v) is 21.2. The number of hydrogen-bond acceptors (Lipinski definition) is 6. The molecule has 1 saturated carbocycles. The molecule has 1 heterocycles. The highest BCUT2D eigenvalue weighted by atomic mass is 16.5. The number of nitrogen functional groups attached to an aromatic ring is 1. The first-order valence-corrected chi connectivity index (χ1v) is 12.6. The van der Waals surface area contributed by atoms with E-state index in [1.807, 2.05) is 60.7 Å². The molecule has 0 spiro atoms. The average molecular weight is 513 g/mol. The second-order valence-electron chi connectivity index (χ2n) is 9.66.